The molecule has 1 N–H and O–H groups in total. The Morgan fingerprint density at radius 1 is 1.00 bits per heavy atom. The number of rotatable bonds is 1. The van der Waals surface area contributed by atoms with E-state index in [1.165, 1.54) is 11.1 Å². The molecule has 0 spiro atoms. The van der Waals surface area contributed by atoms with Crippen molar-refractivity contribution in [3.63, 3.8) is 0 Å². The Balaban J connectivity index is 2.69. The van der Waals surface area contributed by atoms with E-state index in [2.05, 4.69) is 37.9 Å². The van der Waals surface area contributed by atoms with E-state index in [0.29, 0.717) is 5.69 Å². The number of hydrogen-bond acceptors (Lipinski definition) is 3. The second kappa shape index (κ2) is 4.08. The Kier molecular flexibility index (Phi) is 2.96. The van der Waals surface area contributed by atoms with Gasteiger partial charge in [0.25, 0.3) is 0 Å². The zero-order chi connectivity index (χ0) is 13.6. The van der Waals surface area contributed by atoms with Crippen LogP contribution in [0.5, 0.6) is 5.75 Å². The van der Waals surface area contributed by atoms with E-state index in [4.69, 9.17) is 0 Å². The van der Waals surface area contributed by atoms with Crippen LogP contribution in [0.15, 0.2) is 22.4 Å². The van der Waals surface area contributed by atoms with Crippen molar-refractivity contribution in [2.45, 2.75) is 51.4 Å². The van der Waals surface area contributed by atoms with Gasteiger partial charge in [0.1, 0.15) is 11.4 Å². The molecule has 1 aliphatic carbocycles. The number of azo groups is 1. The lowest BCUT2D eigenvalue weighted by Gasteiger charge is -2.41. The van der Waals surface area contributed by atoms with Gasteiger partial charge in [-0.15, -0.1) is 0 Å². The van der Waals surface area contributed by atoms with Crippen molar-refractivity contribution < 1.29 is 5.11 Å². The molecule has 0 amide bonds. The lowest BCUT2D eigenvalue weighted by Crippen LogP contribution is -2.33. The fourth-order valence-corrected chi connectivity index (χ4v) is 2.78. The summed E-state index contributed by atoms with van der Waals surface area (Å²) in [5.41, 5.74) is 3.35. The molecule has 3 heteroatoms. The molecule has 0 saturated heterocycles. The zero-order valence-corrected chi connectivity index (χ0v) is 11.9. The quantitative estimate of drug-likeness (QED) is 0.731. The third kappa shape index (κ3) is 2.02. The van der Waals surface area contributed by atoms with Gasteiger partial charge in [-0.25, -0.2) is 0 Å². The first kappa shape index (κ1) is 13.1. The van der Waals surface area contributed by atoms with E-state index in [1.807, 2.05) is 12.1 Å². The fraction of sp³-hybridized carbons (Fsp3) is 0.600. The molecular weight excluding hydrogens is 224 g/mol. The van der Waals surface area contributed by atoms with E-state index < -0.39 is 0 Å². The first-order valence-corrected chi connectivity index (χ1v) is 6.46. The van der Waals surface area contributed by atoms with Crippen molar-refractivity contribution in [1.29, 1.82) is 0 Å². The Hall–Kier alpha value is -1.38. The standard InChI is InChI=1S/C15H22N2O/c1-14(2)6-7-15(3,4)11-9-13(18)12(17-16-5)8-10(11)14/h8-9,18H,6-7H2,1-5H3. The summed E-state index contributed by atoms with van der Waals surface area (Å²) < 4.78 is 0. The van der Waals surface area contributed by atoms with Crippen LogP contribution in [0.4, 0.5) is 5.69 Å². The number of nitrogens with zero attached hydrogens (tertiary/aromatic N) is 2. The summed E-state index contributed by atoms with van der Waals surface area (Å²) in [6, 6.07) is 3.87. The SMILES string of the molecule is CN=Nc1cc2c(cc1O)C(C)(C)CCC2(C)C. The number of benzene rings is 1. The van der Waals surface area contributed by atoms with Crippen LogP contribution in [0, 0.1) is 0 Å². The van der Waals surface area contributed by atoms with E-state index >= 15 is 0 Å². The van der Waals surface area contributed by atoms with Gasteiger partial charge in [0, 0.05) is 7.05 Å². The van der Waals surface area contributed by atoms with E-state index in [9.17, 15) is 5.11 Å². The van der Waals surface area contributed by atoms with Crippen LogP contribution in [0.25, 0.3) is 0 Å². The summed E-state index contributed by atoms with van der Waals surface area (Å²) in [5.74, 6) is 0.227. The van der Waals surface area contributed by atoms with Crippen molar-refractivity contribution in [1.82, 2.24) is 0 Å². The lowest BCUT2D eigenvalue weighted by molar-refractivity contribution is 0.330. The highest BCUT2D eigenvalue weighted by atomic mass is 16.3. The normalized spacial score (nSPS) is 20.9. The van der Waals surface area contributed by atoms with Crippen LogP contribution in [-0.4, -0.2) is 12.2 Å². The molecule has 0 aromatic heterocycles. The minimum atomic E-state index is 0.115. The molecule has 0 fully saturated rings. The second-order valence-electron chi connectivity index (χ2n) is 6.45. The average Bonchev–Trinajstić information content (AvgIpc) is 2.27. The molecule has 0 aliphatic heterocycles. The Labute approximate surface area is 109 Å². The number of fused-ring (bicyclic) bond motifs is 1. The number of aromatic hydroxyl groups is 1. The summed E-state index contributed by atoms with van der Waals surface area (Å²) in [6.07, 6.45) is 2.29. The highest BCUT2D eigenvalue weighted by Crippen LogP contribution is 2.48. The maximum absolute atomic E-state index is 10.0. The monoisotopic (exact) mass is 246 g/mol. The van der Waals surface area contributed by atoms with E-state index in [1.54, 1.807) is 7.05 Å². The highest BCUT2D eigenvalue weighted by Gasteiger charge is 2.37. The highest BCUT2D eigenvalue weighted by molar-refractivity contribution is 5.59. The van der Waals surface area contributed by atoms with Gasteiger partial charge < -0.3 is 5.11 Å². The third-order valence-electron chi connectivity index (χ3n) is 4.16. The summed E-state index contributed by atoms with van der Waals surface area (Å²) in [6.45, 7) is 8.99. The predicted octanol–water partition coefficient (Wildman–Crippen LogP) is 4.45. The molecule has 98 valence electrons. The summed E-state index contributed by atoms with van der Waals surface area (Å²) in [4.78, 5) is 0. The predicted molar refractivity (Wildman–Crippen MR) is 73.8 cm³/mol. The average molecular weight is 246 g/mol. The molecule has 0 heterocycles. The maximum Gasteiger partial charge on any atom is 0.143 e. The summed E-state index contributed by atoms with van der Waals surface area (Å²) in [5, 5.41) is 17.8. The van der Waals surface area contributed by atoms with Gasteiger partial charge >= 0.3 is 0 Å². The molecule has 0 radical (unpaired) electrons. The molecule has 1 aromatic carbocycles. The van der Waals surface area contributed by atoms with Gasteiger partial charge in [0.15, 0.2) is 0 Å². The first-order valence-electron chi connectivity index (χ1n) is 6.46. The minimum Gasteiger partial charge on any atom is -0.506 e. The Morgan fingerprint density at radius 2 is 1.50 bits per heavy atom. The van der Waals surface area contributed by atoms with Gasteiger partial charge in [-0.05, 0) is 46.9 Å². The minimum absolute atomic E-state index is 0.115. The molecule has 0 saturated carbocycles. The molecular formula is C15H22N2O. The molecule has 3 nitrogen and oxygen atoms in total. The maximum atomic E-state index is 10.0. The largest absolute Gasteiger partial charge is 0.506 e. The van der Waals surface area contributed by atoms with Crippen LogP contribution in [0.2, 0.25) is 0 Å². The van der Waals surface area contributed by atoms with Crippen LogP contribution in [0.3, 0.4) is 0 Å². The van der Waals surface area contributed by atoms with Crippen LogP contribution in [-0.2, 0) is 10.8 Å². The van der Waals surface area contributed by atoms with E-state index in [-0.39, 0.29) is 16.6 Å². The Bertz CT molecular complexity index is 501. The van der Waals surface area contributed by atoms with Gasteiger partial charge in [-0.2, -0.15) is 10.2 Å². The fourth-order valence-electron chi connectivity index (χ4n) is 2.78. The number of phenols is 1. The van der Waals surface area contributed by atoms with Crippen molar-refractivity contribution in [2.24, 2.45) is 10.2 Å². The van der Waals surface area contributed by atoms with Gasteiger partial charge in [0.2, 0.25) is 0 Å². The van der Waals surface area contributed by atoms with Crippen LogP contribution >= 0.6 is 0 Å². The van der Waals surface area contributed by atoms with Crippen LogP contribution < -0.4 is 0 Å². The molecule has 1 aromatic rings. The summed E-state index contributed by atoms with van der Waals surface area (Å²) in [7, 11) is 1.62. The van der Waals surface area contributed by atoms with Gasteiger partial charge in [-0.1, -0.05) is 27.7 Å². The number of hydrogen-bond donors (Lipinski definition) is 1. The summed E-state index contributed by atoms with van der Waals surface area (Å²) >= 11 is 0. The van der Waals surface area contributed by atoms with Crippen molar-refractivity contribution in [2.75, 3.05) is 7.05 Å². The molecule has 0 atom stereocenters. The van der Waals surface area contributed by atoms with Crippen LogP contribution in [0.1, 0.15) is 51.7 Å². The molecule has 0 bridgehead atoms. The number of phenolic OH excluding ortho intramolecular Hbond substituents is 1. The third-order valence-corrected chi connectivity index (χ3v) is 4.16. The second-order valence-corrected chi connectivity index (χ2v) is 6.45. The molecule has 1 aliphatic rings. The Morgan fingerprint density at radius 3 is 2.00 bits per heavy atom. The molecule has 0 unspecified atom stereocenters. The first-order chi connectivity index (χ1) is 8.28. The van der Waals surface area contributed by atoms with Crippen molar-refractivity contribution >= 4 is 5.69 Å². The smallest absolute Gasteiger partial charge is 0.143 e. The molecule has 18 heavy (non-hydrogen) atoms. The van der Waals surface area contributed by atoms with Gasteiger partial charge in [-0.3, -0.25) is 0 Å². The van der Waals surface area contributed by atoms with Crippen molar-refractivity contribution in [3.05, 3.63) is 23.3 Å². The van der Waals surface area contributed by atoms with E-state index in [0.717, 1.165) is 12.8 Å². The van der Waals surface area contributed by atoms with Crippen molar-refractivity contribution in [3.8, 4) is 5.75 Å². The topological polar surface area (TPSA) is 45.0 Å². The lowest BCUT2D eigenvalue weighted by atomic mass is 9.63. The molecule has 2 rings (SSSR count). The van der Waals surface area contributed by atoms with Gasteiger partial charge in [0.05, 0.1) is 0 Å². The zero-order valence-electron chi connectivity index (χ0n) is 11.9.